The van der Waals surface area contributed by atoms with Crippen LogP contribution in [0.15, 0.2) is 5.38 Å². The first-order valence-electron chi connectivity index (χ1n) is 5.39. The number of nitrogens with one attached hydrogen (secondary N) is 1. The van der Waals surface area contributed by atoms with Gasteiger partial charge in [0.05, 0.1) is 12.1 Å². The lowest BCUT2D eigenvalue weighted by molar-refractivity contribution is -0.123. The van der Waals surface area contributed by atoms with Crippen LogP contribution in [0.4, 0.5) is 0 Å². The molecular formula is C11H21Cl2N3OS. The Morgan fingerprint density at radius 2 is 1.94 bits per heavy atom. The molecule has 0 aromatic carbocycles. The number of hydrogen-bond donors (Lipinski definition) is 2. The first-order valence-corrected chi connectivity index (χ1v) is 6.27. The molecule has 3 N–H and O–H groups in total. The van der Waals surface area contributed by atoms with Gasteiger partial charge in [-0.3, -0.25) is 4.79 Å². The number of hydrogen-bond acceptors (Lipinski definition) is 4. The van der Waals surface area contributed by atoms with E-state index in [9.17, 15) is 4.79 Å². The van der Waals surface area contributed by atoms with Crippen molar-refractivity contribution in [2.24, 2.45) is 11.7 Å². The van der Waals surface area contributed by atoms with Crippen LogP contribution in [0.1, 0.15) is 37.5 Å². The van der Waals surface area contributed by atoms with E-state index in [4.69, 9.17) is 5.73 Å². The molecule has 0 radical (unpaired) electrons. The molecule has 7 heteroatoms. The van der Waals surface area contributed by atoms with E-state index in [2.05, 4.69) is 10.3 Å². The van der Waals surface area contributed by atoms with Crippen molar-refractivity contribution in [2.45, 2.75) is 39.8 Å². The predicted molar refractivity (Wildman–Crippen MR) is 80.7 cm³/mol. The zero-order chi connectivity index (χ0) is 12.3. The Morgan fingerprint density at radius 3 is 2.33 bits per heavy atom. The molecule has 1 heterocycles. The third-order valence-corrected chi connectivity index (χ3v) is 3.53. The van der Waals surface area contributed by atoms with Crippen molar-refractivity contribution in [1.82, 2.24) is 10.3 Å². The van der Waals surface area contributed by atoms with Crippen molar-refractivity contribution in [2.75, 3.05) is 0 Å². The highest BCUT2D eigenvalue weighted by molar-refractivity contribution is 7.09. The average molecular weight is 314 g/mol. The Bertz CT molecular complexity index is 371. The van der Waals surface area contributed by atoms with Crippen molar-refractivity contribution in [3.8, 4) is 0 Å². The molecule has 0 aliphatic heterocycles. The number of rotatable bonds is 4. The molecule has 1 aromatic heterocycles. The highest BCUT2D eigenvalue weighted by Crippen LogP contribution is 2.17. The van der Waals surface area contributed by atoms with Crippen LogP contribution in [0.5, 0.6) is 0 Å². The third kappa shape index (κ3) is 5.52. The van der Waals surface area contributed by atoms with Gasteiger partial charge in [0.1, 0.15) is 5.01 Å². The molecule has 0 saturated heterocycles. The van der Waals surface area contributed by atoms with Crippen LogP contribution in [0.2, 0.25) is 0 Å². The fourth-order valence-electron chi connectivity index (χ4n) is 1.25. The fourth-order valence-corrected chi connectivity index (χ4v) is 2.05. The highest BCUT2D eigenvalue weighted by atomic mass is 35.5. The minimum absolute atomic E-state index is 0. The van der Waals surface area contributed by atoms with Gasteiger partial charge in [0, 0.05) is 11.1 Å². The summed E-state index contributed by atoms with van der Waals surface area (Å²) < 4.78 is 0. The predicted octanol–water partition coefficient (Wildman–Crippen LogP) is 2.46. The summed E-state index contributed by atoms with van der Waals surface area (Å²) >= 11 is 1.55. The zero-order valence-electron chi connectivity index (χ0n) is 11.0. The maximum Gasteiger partial charge on any atom is 0.237 e. The van der Waals surface area contributed by atoms with E-state index in [1.54, 1.807) is 11.3 Å². The van der Waals surface area contributed by atoms with Gasteiger partial charge < -0.3 is 11.1 Å². The SMILES string of the molecule is Cc1csc(C(C)NC(=O)C(N)C(C)C)n1.Cl.Cl. The van der Waals surface area contributed by atoms with E-state index in [1.165, 1.54) is 0 Å². The number of halogens is 2. The second-order valence-electron chi connectivity index (χ2n) is 4.33. The molecule has 2 unspecified atom stereocenters. The molecular weight excluding hydrogens is 293 g/mol. The molecule has 1 rings (SSSR count). The van der Waals surface area contributed by atoms with E-state index in [1.807, 2.05) is 33.1 Å². The standard InChI is InChI=1S/C11H19N3OS.2ClH/c1-6(2)9(12)10(15)14-8(4)11-13-7(3)5-16-11;;/h5-6,8-9H,12H2,1-4H3,(H,14,15);2*1H. The van der Waals surface area contributed by atoms with Gasteiger partial charge in [-0.05, 0) is 19.8 Å². The number of thiazole rings is 1. The van der Waals surface area contributed by atoms with E-state index >= 15 is 0 Å². The van der Waals surface area contributed by atoms with Crippen LogP contribution in [-0.2, 0) is 4.79 Å². The summed E-state index contributed by atoms with van der Waals surface area (Å²) in [6.45, 7) is 7.72. The number of nitrogens with zero attached hydrogens (tertiary/aromatic N) is 1. The minimum atomic E-state index is -0.455. The molecule has 106 valence electrons. The Labute approximate surface area is 125 Å². The monoisotopic (exact) mass is 313 g/mol. The normalized spacial score (nSPS) is 13.2. The van der Waals surface area contributed by atoms with Crippen LogP contribution in [0.3, 0.4) is 0 Å². The first-order chi connectivity index (χ1) is 7.41. The molecule has 18 heavy (non-hydrogen) atoms. The van der Waals surface area contributed by atoms with Gasteiger partial charge in [-0.1, -0.05) is 13.8 Å². The molecule has 0 aliphatic carbocycles. The number of aromatic nitrogens is 1. The fraction of sp³-hybridized carbons (Fsp3) is 0.636. The summed E-state index contributed by atoms with van der Waals surface area (Å²) in [6.07, 6.45) is 0. The van der Waals surface area contributed by atoms with E-state index < -0.39 is 6.04 Å². The van der Waals surface area contributed by atoms with Crippen LogP contribution in [0.25, 0.3) is 0 Å². The van der Waals surface area contributed by atoms with Gasteiger partial charge >= 0.3 is 0 Å². The third-order valence-electron chi connectivity index (χ3n) is 2.39. The van der Waals surface area contributed by atoms with Gasteiger partial charge in [-0.2, -0.15) is 0 Å². The summed E-state index contributed by atoms with van der Waals surface area (Å²) in [5.74, 6) is 0.0283. The lowest BCUT2D eigenvalue weighted by Gasteiger charge is -2.18. The maximum absolute atomic E-state index is 11.7. The molecule has 4 nitrogen and oxygen atoms in total. The summed E-state index contributed by atoms with van der Waals surface area (Å²) in [7, 11) is 0. The number of carbonyl (C=O) groups excluding carboxylic acids is 1. The zero-order valence-corrected chi connectivity index (χ0v) is 13.4. The van der Waals surface area contributed by atoms with Gasteiger partial charge in [0.15, 0.2) is 0 Å². The Kier molecular flexibility index (Phi) is 9.64. The number of carbonyl (C=O) groups is 1. The quantitative estimate of drug-likeness (QED) is 0.897. The van der Waals surface area contributed by atoms with Crippen molar-refractivity contribution in [3.63, 3.8) is 0 Å². The smallest absolute Gasteiger partial charge is 0.237 e. The number of amides is 1. The Balaban J connectivity index is 0. The summed E-state index contributed by atoms with van der Waals surface area (Å²) in [5, 5.41) is 5.77. The first kappa shape index (κ1) is 20.0. The molecule has 0 saturated carbocycles. The Morgan fingerprint density at radius 1 is 1.39 bits per heavy atom. The largest absolute Gasteiger partial charge is 0.346 e. The average Bonchev–Trinajstić information content (AvgIpc) is 2.63. The number of nitrogens with two attached hydrogens (primary N) is 1. The van der Waals surface area contributed by atoms with Gasteiger partial charge in [-0.15, -0.1) is 36.2 Å². The number of aryl methyl sites for hydroxylation is 1. The summed E-state index contributed by atoms with van der Waals surface area (Å²) in [4.78, 5) is 16.0. The maximum atomic E-state index is 11.7. The van der Waals surface area contributed by atoms with Crippen LogP contribution >= 0.6 is 36.2 Å². The summed E-state index contributed by atoms with van der Waals surface area (Å²) in [6, 6.07) is -0.528. The molecule has 0 bridgehead atoms. The van der Waals surface area contributed by atoms with Gasteiger partial charge in [-0.25, -0.2) is 4.98 Å². The van der Waals surface area contributed by atoms with Crippen molar-refractivity contribution in [1.29, 1.82) is 0 Å². The molecule has 1 amide bonds. The van der Waals surface area contributed by atoms with Crippen molar-refractivity contribution in [3.05, 3.63) is 16.1 Å². The van der Waals surface area contributed by atoms with Crippen LogP contribution in [0, 0.1) is 12.8 Å². The molecule has 0 aliphatic rings. The van der Waals surface area contributed by atoms with Crippen LogP contribution < -0.4 is 11.1 Å². The lowest BCUT2D eigenvalue weighted by atomic mass is 10.0. The van der Waals surface area contributed by atoms with E-state index in [0.29, 0.717) is 0 Å². The lowest BCUT2D eigenvalue weighted by Crippen LogP contribution is -2.44. The van der Waals surface area contributed by atoms with Crippen molar-refractivity contribution >= 4 is 42.1 Å². The Hall–Kier alpha value is -0.360. The topological polar surface area (TPSA) is 68.0 Å². The highest BCUT2D eigenvalue weighted by Gasteiger charge is 2.20. The second-order valence-corrected chi connectivity index (χ2v) is 5.22. The minimum Gasteiger partial charge on any atom is -0.346 e. The molecule has 0 spiro atoms. The van der Waals surface area contributed by atoms with Gasteiger partial charge in [0.25, 0.3) is 0 Å². The molecule has 0 fully saturated rings. The van der Waals surface area contributed by atoms with Crippen molar-refractivity contribution < 1.29 is 4.79 Å². The summed E-state index contributed by atoms with van der Waals surface area (Å²) in [5.41, 5.74) is 6.74. The molecule has 2 atom stereocenters. The van der Waals surface area contributed by atoms with E-state index in [0.717, 1.165) is 10.7 Å². The van der Waals surface area contributed by atoms with Crippen LogP contribution in [-0.4, -0.2) is 16.9 Å². The molecule has 1 aromatic rings. The second kappa shape index (κ2) is 8.69. The van der Waals surface area contributed by atoms with Gasteiger partial charge in [0.2, 0.25) is 5.91 Å². The van der Waals surface area contributed by atoms with E-state index in [-0.39, 0.29) is 42.7 Å².